The summed E-state index contributed by atoms with van der Waals surface area (Å²) < 4.78 is 0. The lowest BCUT2D eigenvalue weighted by atomic mass is 10.0. The number of carbonyl (C=O) groups is 2. The molecular weight excluding hydrogens is 274 g/mol. The topological polar surface area (TPSA) is 66.4 Å². The molecule has 104 valence electrons. The first kappa shape index (κ1) is 14.3. The largest absolute Gasteiger partial charge is 0.478 e. The van der Waals surface area contributed by atoms with Gasteiger partial charge in [-0.05, 0) is 50.1 Å². The number of thiophene rings is 1. The zero-order valence-corrected chi connectivity index (χ0v) is 12.3. The second-order valence-electron chi connectivity index (χ2n) is 4.67. The lowest BCUT2D eigenvalue weighted by molar-refractivity contribution is 0.0698. The van der Waals surface area contributed by atoms with Crippen molar-refractivity contribution in [1.29, 1.82) is 0 Å². The highest BCUT2D eigenvalue weighted by Crippen LogP contribution is 2.25. The van der Waals surface area contributed by atoms with Crippen LogP contribution in [0.4, 0.5) is 5.69 Å². The van der Waals surface area contributed by atoms with Gasteiger partial charge in [0.1, 0.15) is 0 Å². The van der Waals surface area contributed by atoms with E-state index < -0.39 is 5.97 Å². The second-order valence-corrected chi connectivity index (χ2v) is 5.96. The monoisotopic (exact) mass is 289 g/mol. The van der Waals surface area contributed by atoms with E-state index in [4.69, 9.17) is 0 Å². The zero-order chi connectivity index (χ0) is 14.9. The van der Waals surface area contributed by atoms with Crippen LogP contribution in [-0.2, 0) is 0 Å². The van der Waals surface area contributed by atoms with Crippen LogP contribution in [0.1, 0.15) is 36.0 Å². The van der Waals surface area contributed by atoms with Crippen LogP contribution in [0.25, 0.3) is 0 Å². The van der Waals surface area contributed by atoms with Gasteiger partial charge < -0.3 is 10.4 Å². The summed E-state index contributed by atoms with van der Waals surface area (Å²) in [6.07, 6.45) is 0. The molecular formula is C15H15NO3S. The Hall–Kier alpha value is -2.14. The van der Waals surface area contributed by atoms with Gasteiger partial charge in [0.2, 0.25) is 0 Å². The molecule has 0 aliphatic carbocycles. The summed E-state index contributed by atoms with van der Waals surface area (Å²) in [5.74, 6) is -1.33. The summed E-state index contributed by atoms with van der Waals surface area (Å²) in [5, 5.41) is 12.0. The molecule has 0 spiro atoms. The fourth-order valence-corrected chi connectivity index (χ4v) is 2.80. The quantitative estimate of drug-likeness (QED) is 0.906. The Bertz CT molecular complexity index is 688. The number of aromatic carboxylic acids is 1. The predicted octanol–water partition coefficient (Wildman–Crippen LogP) is 3.62. The van der Waals surface area contributed by atoms with Gasteiger partial charge >= 0.3 is 5.97 Å². The molecule has 0 saturated heterocycles. The van der Waals surface area contributed by atoms with E-state index in [2.05, 4.69) is 5.32 Å². The molecule has 0 fully saturated rings. The van der Waals surface area contributed by atoms with Gasteiger partial charge in [-0.3, -0.25) is 4.79 Å². The second kappa shape index (κ2) is 5.46. The Labute approximate surface area is 121 Å². The van der Waals surface area contributed by atoms with Gasteiger partial charge in [-0.2, -0.15) is 0 Å². The molecule has 0 bridgehead atoms. The number of hydrogen-bond acceptors (Lipinski definition) is 3. The van der Waals surface area contributed by atoms with Crippen molar-refractivity contribution in [2.24, 2.45) is 0 Å². The summed E-state index contributed by atoms with van der Waals surface area (Å²) in [5.41, 5.74) is 2.07. The molecule has 2 rings (SSSR count). The first-order valence-electron chi connectivity index (χ1n) is 6.11. The normalized spacial score (nSPS) is 10.3. The minimum Gasteiger partial charge on any atom is -0.478 e. The minimum absolute atomic E-state index is 0.115. The van der Waals surface area contributed by atoms with Crippen LogP contribution >= 0.6 is 11.3 Å². The summed E-state index contributed by atoms with van der Waals surface area (Å²) in [4.78, 5) is 25.1. The third-order valence-corrected chi connectivity index (χ3v) is 3.91. The lowest BCUT2D eigenvalue weighted by Gasteiger charge is -2.12. The number of aryl methyl sites for hydroxylation is 3. The maximum atomic E-state index is 12.1. The number of anilines is 1. The molecule has 20 heavy (non-hydrogen) atoms. The van der Waals surface area contributed by atoms with Gasteiger partial charge in [0.25, 0.3) is 5.91 Å². The number of carbonyl (C=O) groups excluding carboxylic acids is 1. The third kappa shape index (κ3) is 2.88. The first-order valence-corrected chi connectivity index (χ1v) is 6.92. The van der Waals surface area contributed by atoms with Crippen LogP contribution < -0.4 is 5.32 Å². The molecule has 1 aromatic carbocycles. The number of carboxylic acid groups (broad SMARTS) is 1. The average molecular weight is 289 g/mol. The maximum absolute atomic E-state index is 12.1. The number of hydrogen-bond donors (Lipinski definition) is 2. The number of benzene rings is 1. The standard InChI is InChI=1S/C15H15NO3S/c1-8-6-9(2)13(11(7-8)15(18)19)16-14(17)12-5-4-10(3)20-12/h4-7H,1-3H3,(H,16,17)(H,18,19). The van der Waals surface area contributed by atoms with E-state index >= 15 is 0 Å². The van der Waals surface area contributed by atoms with Crippen LogP contribution in [0, 0.1) is 20.8 Å². The van der Waals surface area contributed by atoms with E-state index in [0.29, 0.717) is 10.6 Å². The summed E-state index contributed by atoms with van der Waals surface area (Å²) in [7, 11) is 0. The number of rotatable bonds is 3. The van der Waals surface area contributed by atoms with Crippen molar-refractivity contribution in [3.05, 3.63) is 50.7 Å². The summed E-state index contributed by atoms with van der Waals surface area (Å²) in [6, 6.07) is 7.01. The summed E-state index contributed by atoms with van der Waals surface area (Å²) in [6.45, 7) is 5.53. The van der Waals surface area contributed by atoms with E-state index in [1.54, 1.807) is 19.1 Å². The molecule has 0 atom stereocenters. The van der Waals surface area contributed by atoms with E-state index in [9.17, 15) is 14.7 Å². The van der Waals surface area contributed by atoms with Crippen LogP contribution in [0.5, 0.6) is 0 Å². The number of nitrogens with one attached hydrogen (secondary N) is 1. The lowest BCUT2D eigenvalue weighted by Crippen LogP contribution is -2.15. The van der Waals surface area contributed by atoms with Gasteiger partial charge in [0.15, 0.2) is 0 Å². The highest BCUT2D eigenvalue weighted by atomic mass is 32.1. The minimum atomic E-state index is -1.05. The highest BCUT2D eigenvalue weighted by molar-refractivity contribution is 7.14. The molecule has 5 heteroatoms. The molecule has 4 nitrogen and oxygen atoms in total. The van der Waals surface area contributed by atoms with Crippen LogP contribution in [0.3, 0.4) is 0 Å². The van der Waals surface area contributed by atoms with Crippen LogP contribution in [-0.4, -0.2) is 17.0 Å². The van der Waals surface area contributed by atoms with Crippen LogP contribution in [0.2, 0.25) is 0 Å². The highest BCUT2D eigenvalue weighted by Gasteiger charge is 2.17. The molecule has 0 saturated carbocycles. The van der Waals surface area contributed by atoms with E-state index in [-0.39, 0.29) is 11.5 Å². The predicted molar refractivity (Wildman–Crippen MR) is 79.9 cm³/mol. The third-order valence-electron chi connectivity index (χ3n) is 2.91. The number of amides is 1. The van der Waals surface area contributed by atoms with Crippen LogP contribution in [0.15, 0.2) is 24.3 Å². The Morgan fingerprint density at radius 1 is 1.15 bits per heavy atom. The molecule has 0 radical (unpaired) electrons. The van der Waals surface area contributed by atoms with Crippen molar-refractivity contribution in [1.82, 2.24) is 0 Å². The van der Waals surface area contributed by atoms with Gasteiger partial charge in [-0.15, -0.1) is 11.3 Å². The van der Waals surface area contributed by atoms with E-state index in [1.807, 2.05) is 26.0 Å². The van der Waals surface area contributed by atoms with Crippen molar-refractivity contribution >= 4 is 28.9 Å². The van der Waals surface area contributed by atoms with Gasteiger partial charge in [-0.1, -0.05) is 6.07 Å². The van der Waals surface area contributed by atoms with Crippen molar-refractivity contribution in [3.8, 4) is 0 Å². The Kier molecular flexibility index (Phi) is 3.90. The molecule has 0 aliphatic heterocycles. The van der Waals surface area contributed by atoms with E-state index in [0.717, 1.165) is 16.0 Å². The maximum Gasteiger partial charge on any atom is 0.337 e. The first-order chi connectivity index (χ1) is 9.38. The number of carboxylic acids is 1. The average Bonchev–Trinajstić information content (AvgIpc) is 2.78. The van der Waals surface area contributed by atoms with Crippen molar-refractivity contribution < 1.29 is 14.7 Å². The smallest absolute Gasteiger partial charge is 0.337 e. The Balaban J connectivity index is 2.38. The van der Waals surface area contributed by atoms with Crippen molar-refractivity contribution in [3.63, 3.8) is 0 Å². The molecule has 1 heterocycles. The SMILES string of the molecule is Cc1cc(C)c(NC(=O)c2ccc(C)s2)c(C(=O)O)c1. The van der Waals surface area contributed by atoms with E-state index in [1.165, 1.54) is 11.3 Å². The fourth-order valence-electron chi connectivity index (χ4n) is 2.03. The van der Waals surface area contributed by atoms with Crippen molar-refractivity contribution in [2.45, 2.75) is 20.8 Å². The van der Waals surface area contributed by atoms with Gasteiger partial charge in [0, 0.05) is 4.88 Å². The molecule has 2 N–H and O–H groups in total. The van der Waals surface area contributed by atoms with Gasteiger partial charge in [-0.25, -0.2) is 4.79 Å². The zero-order valence-electron chi connectivity index (χ0n) is 11.5. The molecule has 0 unspecified atom stereocenters. The fraction of sp³-hybridized carbons (Fsp3) is 0.200. The molecule has 1 aromatic heterocycles. The summed E-state index contributed by atoms with van der Waals surface area (Å²) >= 11 is 1.38. The van der Waals surface area contributed by atoms with Crippen molar-refractivity contribution in [2.75, 3.05) is 5.32 Å². The molecule has 1 amide bonds. The molecule has 0 aliphatic rings. The Morgan fingerprint density at radius 3 is 2.40 bits per heavy atom. The van der Waals surface area contributed by atoms with Gasteiger partial charge in [0.05, 0.1) is 16.1 Å². The molecule has 2 aromatic rings. The Morgan fingerprint density at radius 2 is 1.85 bits per heavy atom.